The summed E-state index contributed by atoms with van der Waals surface area (Å²) in [6, 6.07) is 12.9. The van der Waals surface area contributed by atoms with Crippen LogP contribution in [0.4, 0.5) is 0 Å². The number of carboxylic acid groups (broad SMARTS) is 1. The summed E-state index contributed by atoms with van der Waals surface area (Å²) in [5.74, 6) is 0.992. The molecule has 2 aromatic rings. The zero-order valence-corrected chi connectivity index (χ0v) is 11.9. The molecule has 0 saturated heterocycles. The van der Waals surface area contributed by atoms with Gasteiger partial charge in [-0.1, -0.05) is 18.2 Å². The first-order valence-corrected chi connectivity index (χ1v) is 6.42. The minimum Gasteiger partial charge on any atom is -0.493 e. The van der Waals surface area contributed by atoms with E-state index in [1.165, 1.54) is 0 Å². The van der Waals surface area contributed by atoms with Crippen LogP contribution in [0.3, 0.4) is 0 Å². The molecular formula is C17H16O4. The zero-order valence-electron chi connectivity index (χ0n) is 11.9. The van der Waals surface area contributed by atoms with Crippen molar-refractivity contribution in [1.29, 1.82) is 0 Å². The Balaban J connectivity index is 2.22. The maximum Gasteiger partial charge on any atom is 0.328 e. The number of ether oxygens (including phenoxy) is 2. The minimum absolute atomic E-state index is 0.633. The molecule has 2 aromatic carbocycles. The number of benzene rings is 2. The Morgan fingerprint density at radius 1 is 1.14 bits per heavy atom. The molecular weight excluding hydrogens is 268 g/mol. The summed E-state index contributed by atoms with van der Waals surface area (Å²) >= 11 is 0. The Morgan fingerprint density at radius 3 is 2.48 bits per heavy atom. The second-order valence-corrected chi connectivity index (χ2v) is 4.44. The predicted molar refractivity (Wildman–Crippen MR) is 80.9 cm³/mol. The SMILES string of the molecule is COc1ccccc1Oc1ccc(C=CC(=O)O)c(C)c1. The highest BCUT2D eigenvalue weighted by atomic mass is 16.5. The Bertz CT molecular complexity index is 674. The van der Waals surface area contributed by atoms with Gasteiger partial charge in [0.1, 0.15) is 5.75 Å². The van der Waals surface area contributed by atoms with Crippen LogP contribution in [0.2, 0.25) is 0 Å². The molecule has 1 N–H and O–H groups in total. The molecule has 0 saturated carbocycles. The third-order valence-corrected chi connectivity index (χ3v) is 2.94. The largest absolute Gasteiger partial charge is 0.493 e. The lowest BCUT2D eigenvalue weighted by Gasteiger charge is -2.11. The molecule has 0 amide bonds. The molecule has 0 unspecified atom stereocenters. The quantitative estimate of drug-likeness (QED) is 0.846. The van der Waals surface area contributed by atoms with Gasteiger partial charge in [-0.05, 0) is 48.4 Å². The average Bonchev–Trinajstić information content (AvgIpc) is 2.47. The average molecular weight is 284 g/mol. The van der Waals surface area contributed by atoms with E-state index in [-0.39, 0.29) is 0 Å². The third-order valence-electron chi connectivity index (χ3n) is 2.94. The fraction of sp³-hybridized carbons (Fsp3) is 0.118. The smallest absolute Gasteiger partial charge is 0.328 e. The van der Waals surface area contributed by atoms with Crippen LogP contribution in [0.15, 0.2) is 48.5 Å². The van der Waals surface area contributed by atoms with Gasteiger partial charge in [0.15, 0.2) is 11.5 Å². The summed E-state index contributed by atoms with van der Waals surface area (Å²) in [4.78, 5) is 10.5. The molecule has 0 radical (unpaired) electrons. The van der Waals surface area contributed by atoms with Gasteiger partial charge in [0.2, 0.25) is 0 Å². The summed E-state index contributed by atoms with van der Waals surface area (Å²) in [5.41, 5.74) is 1.77. The highest BCUT2D eigenvalue weighted by Crippen LogP contribution is 2.31. The third kappa shape index (κ3) is 3.86. The van der Waals surface area contributed by atoms with Crippen LogP contribution >= 0.6 is 0 Å². The van der Waals surface area contributed by atoms with Crippen molar-refractivity contribution in [2.24, 2.45) is 0 Å². The van der Waals surface area contributed by atoms with E-state index < -0.39 is 5.97 Å². The van der Waals surface area contributed by atoms with Gasteiger partial charge in [-0.15, -0.1) is 0 Å². The predicted octanol–water partition coefficient (Wildman–Crippen LogP) is 3.89. The van der Waals surface area contributed by atoms with E-state index in [1.54, 1.807) is 19.3 Å². The maximum atomic E-state index is 10.5. The first-order chi connectivity index (χ1) is 10.1. The monoisotopic (exact) mass is 284 g/mol. The molecule has 108 valence electrons. The van der Waals surface area contributed by atoms with Crippen molar-refractivity contribution in [3.05, 3.63) is 59.7 Å². The number of carboxylic acids is 1. The Kier molecular flexibility index (Phi) is 4.61. The van der Waals surface area contributed by atoms with Gasteiger partial charge >= 0.3 is 5.97 Å². The minimum atomic E-state index is -0.969. The second-order valence-electron chi connectivity index (χ2n) is 4.44. The lowest BCUT2D eigenvalue weighted by molar-refractivity contribution is -0.131. The molecule has 21 heavy (non-hydrogen) atoms. The molecule has 0 heterocycles. The van der Waals surface area contributed by atoms with E-state index in [0.29, 0.717) is 17.2 Å². The van der Waals surface area contributed by atoms with Crippen LogP contribution in [0.1, 0.15) is 11.1 Å². The summed E-state index contributed by atoms with van der Waals surface area (Å²) in [7, 11) is 1.59. The highest BCUT2D eigenvalue weighted by molar-refractivity contribution is 5.85. The number of hydrogen-bond donors (Lipinski definition) is 1. The van der Waals surface area contributed by atoms with Gasteiger partial charge in [-0.3, -0.25) is 0 Å². The molecule has 2 rings (SSSR count). The van der Waals surface area contributed by atoms with Crippen LogP contribution in [0.5, 0.6) is 17.2 Å². The van der Waals surface area contributed by atoms with Gasteiger partial charge < -0.3 is 14.6 Å². The molecule has 0 aliphatic heterocycles. The van der Waals surface area contributed by atoms with Crippen molar-refractivity contribution < 1.29 is 19.4 Å². The lowest BCUT2D eigenvalue weighted by Crippen LogP contribution is -1.91. The van der Waals surface area contributed by atoms with Crippen molar-refractivity contribution in [2.45, 2.75) is 6.92 Å². The summed E-state index contributed by atoms with van der Waals surface area (Å²) in [6.07, 6.45) is 2.67. The normalized spacial score (nSPS) is 10.6. The maximum absolute atomic E-state index is 10.5. The second kappa shape index (κ2) is 6.61. The number of aryl methyl sites for hydroxylation is 1. The Hall–Kier alpha value is -2.75. The van der Waals surface area contributed by atoms with E-state index in [9.17, 15) is 4.79 Å². The molecule has 0 bridgehead atoms. The molecule has 0 fully saturated rings. The van der Waals surface area contributed by atoms with E-state index in [0.717, 1.165) is 17.2 Å². The zero-order chi connectivity index (χ0) is 15.2. The van der Waals surface area contributed by atoms with E-state index >= 15 is 0 Å². The fourth-order valence-corrected chi connectivity index (χ4v) is 1.89. The molecule has 0 spiro atoms. The van der Waals surface area contributed by atoms with Crippen LogP contribution in [-0.4, -0.2) is 18.2 Å². The van der Waals surface area contributed by atoms with Gasteiger partial charge in [0, 0.05) is 6.08 Å². The van der Waals surface area contributed by atoms with E-state index in [4.69, 9.17) is 14.6 Å². The molecule has 0 aromatic heterocycles. The van der Waals surface area contributed by atoms with Crippen molar-refractivity contribution in [1.82, 2.24) is 0 Å². The number of aliphatic carboxylic acids is 1. The number of hydrogen-bond acceptors (Lipinski definition) is 3. The van der Waals surface area contributed by atoms with Crippen molar-refractivity contribution in [3.63, 3.8) is 0 Å². The summed E-state index contributed by atoms with van der Waals surface area (Å²) in [6.45, 7) is 1.90. The van der Waals surface area contributed by atoms with Crippen LogP contribution in [0, 0.1) is 6.92 Å². The standard InChI is InChI=1S/C17H16O4/c1-12-11-14(9-7-13(12)8-10-17(18)19)21-16-6-4-3-5-15(16)20-2/h3-11H,1-2H3,(H,18,19). The van der Waals surface area contributed by atoms with Crippen molar-refractivity contribution in [2.75, 3.05) is 7.11 Å². The van der Waals surface area contributed by atoms with Gasteiger partial charge in [-0.25, -0.2) is 4.79 Å². The first kappa shape index (κ1) is 14.7. The number of methoxy groups -OCH3 is 1. The van der Waals surface area contributed by atoms with Crippen LogP contribution in [0.25, 0.3) is 6.08 Å². The molecule has 4 heteroatoms. The first-order valence-electron chi connectivity index (χ1n) is 6.42. The summed E-state index contributed by atoms with van der Waals surface area (Å²) in [5, 5.41) is 8.65. The molecule has 0 aliphatic rings. The fourth-order valence-electron chi connectivity index (χ4n) is 1.89. The Labute approximate surface area is 123 Å². The van der Waals surface area contributed by atoms with Crippen LogP contribution in [-0.2, 0) is 4.79 Å². The highest BCUT2D eigenvalue weighted by Gasteiger charge is 2.05. The number of carbonyl (C=O) groups is 1. The molecule has 0 aliphatic carbocycles. The summed E-state index contributed by atoms with van der Waals surface area (Å²) < 4.78 is 11.0. The van der Waals surface area contributed by atoms with E-state index in [1.807, 2.05) is 43.3 Å². The van der Waals surface area contributed by atoms with Gasteiger partial charge in [0.05, 0.1) is 7.11 Å². The van der Waals surface area contributed by atoms with Gasteiger partial charge in [0.25, 0.3) is 0 Å². The topological polar surface area (TPSA) is 55.8 Å². The number of para-hydroxylation sites is 2. The van der Waals surface area contributed by atoms with Gasteiger partial charge in [-0.2, -0.15) is 0 Å². The van der Waals surface area contributed by atoms with E-state index in [2.05, 4.69) is 0 Å². The van der Waals surface area contributed by atoms with Crippen LogP contribution < -0.4 is 9.47 Å². The lowest BCUT2D eigenvalue weighted by atomic mass is 10.1. The van der Waals surface area contributed by atoms with Crippen molar-refractivity contribution >= 4 is 12.0 Å². The molecule has 0 atom stereocenters. The molecule has 4 nitrogen and oxygen atoms in total. The van der Waals surface area contributed by atoms with Crippen molar-refractivity contribution in [3.8, 4) is 17.2 Å². The Morgan fingerprint density at radius 2 is 1.86 bits per heavy atom. The number of rotatable bonds is 5.